The fraction of sp³-hybridized carbons (Fsp3) is 0. The summed E-state index contributed by atoms with van der Waals surface area (Å²) in [6, 6.07) is 36.6. The molecule has 182 valence electrons. The van der Waals surface area contributed by atoms with Crippen molar-refractivity contribution in [3.63, 3.8) is 0 Å². The van der Waals surface area contributed by atoms with Crippen molar-refractivity contribution in [1.29, 1.82) is 0 Å². The maximum atomic E-state index is 10.4. The lowest BCUT2D eigenvalue weighted by atomic mass is 9.08. The van der Waals surface area contributed by atoms with Crippen molar-refractivity contribution in [3.8, 4) is 16.8 Å². The van der Waals surface area contributed by atoms with Gasteiger partial charge in [-0.1, -0.05) is 92.7 Å². The van der Waals surface area contributed by atoms with Crippen LogP contribution in [-0.4, -0.2) is 51.3 Å². The van der Waals surface area contributed by atoms with E-state index in [0.717, 1.165) is 55.0 Å². The number of rotatable bonds is 3. The van der Waals surface area contributed by atoms with E-state index in [4.69, 9.17) is 19.9 Å². The van der Waals surface area contributed by atoms with Crippen molar-refractivity contribution in [3.05, 3.63) is 109 Å². The van der Waals surface area contributed by atoms with Gasteiger partial charge >= 0.3 is 7.12 Å². The van der Waals surface area contributed by atoms with E-state index in [1.54, 1.807) is 0 Å². The Morgan fingerprint density at radius 3 is 1.82 bits per heavy atom. The van der Waals surface area contributed by atoms with Gasteiger partial charge in [-0.3, -0.25) is 0 Å². The Morgan fingerprint density at radius 1 is 0.641 bits per heavy atom. The number of hydrogen-bond acceptors (Lipinski definition) is 3. The number of para-hydroxylation sites is 3. The third-order valence-corrected chi connectivity index (χ3v) is 6.81. The molecule has 5 aromatic carbocycles. The highest BCUT2D eigenvalue weighted by atomic mass is 16.4. The topological polar surface area (TPSA) is 58.5 Å². The fourth-order valence-corrected chi connectivity index (χ4v) is 5.28. The zero-order valence-corrected chi connectivity index (χ0v) is 20.5. The zero-order chi connectivity index (χ0) is 27.1. The van der Waals surface area contributed by atoms with Crippen LogP contribution in [0.1, 0.15) is 0 Å². The first-order valence-electron chi connectivity index (χ1n) is 12.3. The van der Waals surface area contributed by atoms with Crippen LogP contribution in [0.2, 0.25) is 0 Å². The Balaban J connectivity index is 0.000000650. The number of nitrogens with zero attached hydrogens (tertiary/aromatic N) is 1. The van der Waals surface area contributed by atoms with Crippen molar-refractivity contribution >= 4 is 85.9 Å². The predicted molar refractivity (Wildman–Crippen MR) is 171 cm³/mol. The molecule has 2 heterocycles. The van der Waals surface area contributed by atoms with Gasteiger partial charge in [0.2, 0.25) is 0 Å². The summed E-state index contributed by atoms with van der Waals surface area (Å²) >= 11 is 0. The molecule has 4 radical (unpaired) electrons. The lowest BCUT2D eigenvalue weighted by Crippen LogP contribution is -2.30. The van der Waals surface area contributed by atoms with Crippen LogP contribution in [0.5, 0.6) is 0 Å². The Labute approximate surface area is 230 Å². The minimum Gasteiger partial charge on any atom is -0.456 e. The first-order valence-corrected chi connectivity index (χ1v) is 12.3. The smallest absolute Gasteiger partial charge is 0.456 e. The van der Waals surface area contributed by atoms with E-state index in [-0.39, 0.29) is 14.1 Å². The molecular formula is C30H23B5NO3-. The predicted octanol–water partition coefficient (Wildman–Crippen LogP) is 3.70. The van der Waals surface area contributed by atoms with E-state index in [9.17, 15) is 10.0 Å². The van der Waals surface area contributed by atoms with Crippen molar-refractivity contribution < 1.29 is 14.5 Å². The third-order valence-electron chi connectivity index (χ3n) is 6.81. The molecule has 0 amide bonds. The van der Waals surface area contributed by atoms with Crippen LogP contribution in [0, 0.1) is 0 Å². The normalized spacial score (nSPS) is 11.2. The summed E-state index contributed by atoms with van der Waals surface area (Å²) in [5.74, 6) is 0. The van der Waals surface area contributed by atoms with E-state index < -0.39 is 7.12 Å². The van der Waals surface area contributed by atoms with Gasteiger partial charge in [-0.15, -0.1) is 6.39 Å². The highest BCUT2D eigenvalue weighted by Crippen LogP contribution is 2.38. The summed E-state index contributed by atoms with van der Waals surface area (Å²) in [4.78, 5) is 0. The first-order chi connectivity index (χ1) is 18.9. The number of aromatic nitrogens is 1. The molecule has 7 aromatic rings. The first kappa shape index (κ1) is 25.2. The molecule has 0 aliphatic carbocycles. The fourth-order valence-electron chi connectivity index (χ4n) is 5.28. The van der Waals surface area contributed by atoms with E-state index in [1.165, 1.54) is 0 Å². The van der Waals surface area contributed by atoms with Gasteiger partial charge in [0.25, 0.3) is 0 Å². The van der Waals surface area contributed by atoms with Crippen LogP contribution >= 0.6 is 0 Å². The van der Waals surface area contributed by atoms with Gasteiger partial charge in [0.15, 0.2) is 0 Å². The van der Waals surface area contributed by atoms with Crippen molar-refractivity contribution in [2.45, 2.75) is 0 Å². The summed E-state index contributed by atoms with van der Waals surface area (Å²) in [5.41, 5.74) is 6.55. The second-order valence-electron chi connectivity index (χ2n) is 9.00. The van der Waals surface area contributed by atoms with Crippen LogP contribution in [0.25, 0.3) is 60.6 Å². The molecule has 7 rings (SSSR count). The van der Waals surface area contributed by atoms with Gasteiger partial charge < -0.3 is 19.0 Å². The van der Waals surface area contributed by atoms with E-state index in [1.807, 2.05) is 78.9 Å². The van der Waals surface area contributed by atoms with Crippen molar-refractivity contribution in [1.82, 2.24) is 4.57 Å². The Morgan fingerprint density at radius 2 is 1.21 bits per heavy atom. The van der Waals surface area contributed by atoms with Crippen LogP contribution in [0.3, 0.4) is 0 Å². The molecule has 0 saturated carbocycles. The van der Waals surface area contributed by atoms with E-state index in [0.29, 0.717) is 11.0 Å². The average Bonchev–Trinajstić information content (AvgIpc) is 3.48. The summed E-state index contributed by atoms with van der Waals surface area (Å²) in [6.45, 7) is 0. The highest BCUT2D eigenvalue weighted by molar-refractivity contribution is 7.49. The molecule has 0 aliphatic rings. The van der Waals surface area contributed by atoms with Crippen molar-refractivity contribution in [2.24, 2.45) is 0 Å². The molecular weight excluding hydrogens is 476 g/mol. The number of benzene rings is 5. The molecule has 2 aromatic heterocycles. The molecule has 0 unspecified atom stereocenters. The molecule has 39 heavy (non-hydrogen) atoms. The molecule has 4 nitrogen and oxygen atoms in total. The molecule has 0 spiro atoms. The average molecular weight is 500 g/mol. The Kier molecular flexibility index (Phi) is 6.63. The summed E-state index contributed by atoms with van der Waals surface area (Å²) in [5, 5.41) is 24.8. The Hall–Kier alpha value is -4.06. The van der Waals surface area contributed by atoms with Gasteiger partial charge in [-0.05, 0) is 45.3 Å². The van der Waals surface area contributed by atoms with Crippen LogP contribution < -0.4 is 5.46 Å². The quantitative estimate of drug-likeness (QED) is 0.365. The van der Waals surface area contributed by atoms with Crippen molar-refractivity contribution in [2.75, 3.05) is 0 Å². The molecule has 2 N–H and O–H groups in total. The molecule has 0 atom stereocenters. The zero-order valence-electron chi connectivity index (χ0n) is 20.5. The van der Waals surface area contributed by atoms with Gasteiger partial charge in [0, 0.05) is 38.3 Å². The lowest BCUT2D eigenvalue weighted by molar-refractivity contribution is 0.425. The largest absolute Gasteiger partial charge is 0.492 e. The molecule has 0 bridgehead atoms. The maximum absolute atomic E-state index is 10.4. The summed E-state index contributed by atoms with van der Waals surface area (Å²) in [6.07, 6.45) is 0.0833. The third kappa shape index (κ3) is 4.48. The number of hydrogen-bond donors (Lipinski definition) is 2. The van der Waals surface area contributed by atoms with Crippen LogP contribution in [0.4, 0.5) is 0 Å². The second kappa shape index (κ2) is 10.3. The van der Waals surface area contributed by atoms with Gasteiger partial charge in [-0.25, -0.2) is 0 Å². The highest BCUT2D eigenvalue weighted by Gasteiger charge is 2.23. The number of furan rings is 1. The number of fused-ring (bicyclic) bond motifs is 6. The van der Waals surface area contributed by atoms with Crippen LogP contribution in [-0.2, 0) is 0 Å². The van der Waals surface area contributed by atoms with E-state index in [2.05, 4.69) is 34.9 Å². The van der Waals surface area contributed by atoms with Gasteiger partial charge in [-0.2, -0.15) is 0 Å². The summed E-state index contributed by atoms with van der Waals surface area (Å²) < 4.78 is 8.52. The van der Waals surface area contributed by atoms with Gasteiger partial charge in [0.1, 0.15) is 11.2 Å². The summed E-state index contributed by atoms with van der Waals surface area (Å²) in [7, 11) is 8.58. The SMILES string of the molecule is OB(O)c1cc(-n2c3ccccc3c3ccccc32)cc2c1oc1c(-c3ccccc3)cccc12.[B]B([B])[BH3-]. The minimum atomic E-state index is -1.67. The van der Waals surface area contributed by atoms with Crippen LogP contribution in [0.15, 0.2) is 114 Å². The second-order valence-corrected chi connectivity index (χ2v) is 9.00. The molecule has 0 aliphatic heterocycles. The standard InChI is InChI=1S/C30H20BNO3.B4H3/c33-31(34)26-18-20(32-27-15-6-4-11-22(27)23-12-5-7-16-28(23)32)17-25-24-14-8-13-21(29(24)35-30(25)26)19-9-2-1-3-10-19;1-4(2)3/h1-18,33-34H;1H3/q;-1. The Bertz CT molecular complexity index is 1890. The monoisotopic (exact) mass is 500 g/mol. The maximum Gasteiger partial charge on any atom is 0.492 e. The minimum absolute atomic E-state index is 0.0833. The molecule has 0 fully saturated rings. The lowest BCUT2D eigenvalue weighted by Gasteiger charge is -2.11. The van der Waals surface area contributed by atoms with E-state index >= 15 is 0 Å². The molecule has 0 saturated heterocycles. The molecule has 9 heteroatoms. The van der Waals surface area contributed by atoms with Gasteiger partial charge in [0.05, 0.1) is 11.0 Å².